The van der Waals surface area contributed by atoms with E-state index >= 15 is 0 Å². The number of aliphatic hydroxyl groups excluding tert-OH is 1. The van der Waals surface area contributed by atoms with Crippen molar-refractivity contribution in [1.82, 2.24) is 4.90 Å². The lowest BCUT2D eigenvalue weighted by Gasteiger charge is -2.30. The normalized spacial score (nSPS) is 19.9. The Morgan fingerprint density at radius 3 is 2.82 bits per heavy atom. The highest BCUT2D eigenvalue weighted by Gasteiger charge is 2.29. The summed E-state index contributed by atoms with van der Waals surface area (Å²) in [5.41, 5.74) is 0. The monoisotopic (exact) mass is 245 g/mol. The molecule has 1 heterocycles. The zero-order valence-corrected chi connectivity index (χ0v) is 10.1. The highest BCUT2D eigenvalue weighted by atomic mass is 16.6. The number of rotatable bonds is 4. The van der Waals surface area contributed by atoms with E-state index in [0.717, 1.165) is 12.8 Å². The van der Waals surface area contributed by atoms with Crippen LogP contribution in [0.15, 0.2) is 0 Å². The molecule has 1 fully saturated rings. The summed E-state index contributed by atoms with van der Waals surface area (Å²) in [6, 6.07) is 0. The van der Waals surface area contributed by atoms with Crippen LogP contribution >= 0.6 is 0 Å². The maximum absolute atomic E-state index is 11.5. The van der Waals surface area contributed by atoms with Crippen LogP contribution in [-0.2, 0) is 14.3 Å². The van der Waals surface area contributed by atoms with Crippen LogP contribution in [0, 0.1) is 5.92 Å². The van der Waals surface area contributed by atoms with Gasteiger partial charge < -0.3 is 19.5 Å². The number of likely N-dealkylation sites (tertiary alicyclic amines) is 1. The van der Waals surface area contributed by atoms with Crippen molar-refractivity contribution in [2.75, 3.05) is 32.9 Å². The van der Waals surface area contributed by atoms with E-state index in [1.165, 1.54) is 4.90 Å². The van der Waals surface area contributed by atoms with Gasteiger partial charge in [0.15, 0.2) is 0 Å². The second-order valence-electron chi connectivity index (χ2n) is 3.88. The van der Waals surface area contributed by atoms with Gasteiger partial charge in [-0.05, 0) is 19.8 Å². The van der Waals surface area contributed by atoms with E-state index in [-0.39, 0.29) is 25.1 Å². The molecule has 0 aromatic heterocycles. The van der Waals surface area contributed by atoms with Crippen molar-refractivity contribution in [3.63, 3.8) is 0 Å². The van der Waals surface area contributed by atoms with E-state index < -0.39 is 6.09 Å². The summed E-state index contributed by atoms with van der Waals surface area (Å²) >= 11 is 0. The first kappa shape index (κ1) is 13.8. The largest absolute Gasteiger partial charge is 0.466 e. The third-order valence-corrected chi connectivity index (χ3v) is 2.62. The van der Waals surface area contributed by atoms with Crippen molar-refractivity contribution < 1.29 is 24.2 Å². The van der Waals surface area contributed by atoms with Gasteiger partial charge in [-0.25, -0.2) is 4.79 Å². The van der Waals surface area contributed by atoms with Crippen molar-refractivity contribution in [3.8, 4) is 0 Å². The summed E-state index contributed by atoms with van der Waals surface area (Å²) in [6.45, 7) is 2.82. The lowest BCUT2D eigenvalue weighted by atomic mass is 9.99. The highest BCUT2D eigenvalue weighted by molar-refractivity contribution is 5.74. The fourth-order valence-corrected chi connectivity index (χ4v) is 1.82. The quantitative estimate of drug-likeness (QED) is 0.725. The Balaban J connectivity index is 2.42. The maximum Gasteiger partial charge on any atom is 0.409 e. The van der Waals surface area contributed by atoms with E-state index in [0.29, 0.717) is 19.7 Å². The molecule has 6 nitrogen and oxygen atoms in total. The fraction of sp³-hybridized carbons (Fsp3) is 0.818. The summed E-state index contributed by atoms with van der Waals surface area (Å²) in [7, 11) is 0. The minimum absolute atomic E-state index is 0.0145. The average molecular weight is 245 g/mol. The summed E-state index contributed by atoms with van der Waals surface area (Å²) < 4.78 is 9.74. The molecule has 98 valence electrons. The van der Waals surface area contributed by atoms with Crippen LogP contribution in [0.1, 0.15) is 19.8 Å². The standard InChI is InChI=1S/C11H19NO5/c1-2-16-10(14)9-4-3-5-12(8-9)11(15)17-7-6-13/h9,13H,2-8H2,1H3. The van der Waals surface area contributed by atoms with Gasteiger partial charge in [0.25, 0.3) is 0 Å². The van der Waals surface area contributed by atoms with E-state index in [9.17, 15) is 9.59 Å². The topological polar surface area (TPSA) is 76.1 Å². The van der Waals surface area contributed by atoms with Gasteiger partial charge >= 0.3 is 12.1 Å². The molecule has 1 amide bonds. The molecule has 1 aliphatic heterocycles. The van der Waals surface area contributed by atoms with Crippen molar-refractivity contribution in [1.29, 1.82) is 0 Å². The van der Waals surface area contributed by atoms with Crippen molar-refractivity contribution in [2.24, 2.45) is 5.92 Å². The van der Waals surface area contributed by atoms with Gasteiger partial charge in [0.1, 0.15) is 6.61 Å². The van der Waals surface area contributed by atoms with Crippen molar-refractivity contribution in [3.05, 3.63) is 0 Å². The molecule has 0 aliphatic carbocycles. The maximum atomic E-state index is 11.5. The lowest BCUT2D eigenvalue weighted by molar-refractivity contribution is -0.149. The lowest BCUT2D eigenvalue weighted by Crippen LogP contribution is -2.43. The second-order valence-corrected chi connectivity index (χ2v) is 3.88. The van der Waals surface area contributed by atoms with Crippen molar-refractivity contribution in [2.45, 2.75) is 19.8 Å². The van der Waals surface area contributed by atoms with Crippen LogP contribution in [-0.4, -0.2) is 55.0 Å². The average Bonchev–Trinajstić information content (AvgIpc) is 2.36. The van der Waals surface area contributed by atoms with E-state index in [1.807, 2.05) is 0 Å². The first-order chi connectivity index (χ1) is 8.19. The molecule has 0 radical (unpaired) electrons. The minimum atomic E-state index is -0.479. The molecule has 1 N–H and O–H groups in total. The van der Waals surface area contributed by atoms with Crippen molar-refractivity contribution >= 4 is 12.1 Å². The molecule has 1 saturated heterocycles. The van der Waals surface area contributed by atoms with E-state index in [4.69, 9.17) is 14.6 Å². The van der Waals surface area contributed by atoms with E-state index in [1.54, 1.807) is 6.92 Å². The summed E-state index contributed by atoms with van der Waals surface area (Å²) in [6.07, 6.45) is 1.02. The molecule has 0 spiro atoms. The Hall–Kier alpha value is -1.30. The third-order valence-electron chi connectivity index (χ3n) is 2.62. The molecule has 0 bridgehead atoms. The van der Waals surface area contributed by atoms with Gasteiger partial charge in [0.05, 0.1) is 19.1 Å². The summed E-state index contributed by atoms with van der Waals surface area (Å²) in [4.78, 5) is 24.5. The molecule has 0 aromatic carbocycles. The van der Waals surface area contributed by atoms with Crippen LogP contribution < -0.4 is 0 Å². The fourth-order valence-electron chi connectivity index (χ4n) is 1.82. The first-order valence-corrected chi connectivity index (χ1v) is 5.88. The van der Waals surface area contributed by atoms with Gasteiger partial charge in [0, 0.05) is 13.1 Å². The highest BCUT2D eigenvalue weighted by Crippen LogP contribution is 2.18. The number of esters is 1. The number of hydrogen-bond donors (Lipinski definition) is 1. The Bertz CT molecular complexity index is 269. The molecule has 1 atom stereocenters. The summed E-state index contributed by atoms with van der Waals surface area (Å²) in [5, 5.41) is 8.55. The number of piperidine rings is 1. The number of hydrogen-bond acceptors (Lipinski definition) is 5. The van der Waals surface area contributed by atoms with Gasteiger partial charge in [-0.1, -0.05) is 0 Å². The zero-order chi connectivity index (χ0) is 12.7. The molecular formula is C11H19NO5. The molecule has 1 unspecified atom stereocenters. The van der Waals surface area contributed by atoms with Crippen LogP contribution in [0.3, 0.4) is 0 Å². The molecule has 1 rings (SSSR count). The zero-order valence-electron chi connectivity index (χ0n) is 10.1. The van der Waals surface area contributed by atoms with Gasteiger partial charge in [0.2, 0.25) is 0 Å². The van der Waals surface area contributed by atoms with Crippen LogP contribution in [0.25, 0.3) is 0 Å². The number of amides is 1. The van der Waals surface area contributed by atoms with Gasteiger partial charge in [-0.15, -0.1) is 0 Å². The van der Waals surface area contributed by atoms with Gasteiger partial charge in [-0.2, -0.15) is 0 Å². The number of carbonyl (C=O) groups is 2. The Morgan fingerprint density at radius 1 is 1.41 bits per heavy atom. The van der Waals surface area contributed by atoms with Crippen LogP contribution in [0.5, 0.6) is 0 Å². The third kappa shape index (κ3) is 4.22. The molecule has 1 aliphatic rings. The predicted molar refractivity (Wildman–Crippen MR) is 59.4 cm³/mol. The van der Waals surface area contributed by atoms with E-state index in [2.05, 4.69) is 0 Å². The van der Waals surface area contributed by atoms with Crippen LogP contribution in [0.2, 0.25) is 0 Å². The Labute approximate surface area is 100 Å². The smallest absolute Gasteiger partial charge is 0.409 e. The molecule has 17 heavy (non-hydrogen) atoms. The number of aliphatic hydroxyl groups is 1. The molecule has 0 aromatic rings. The molecule has 0 saturated carbocycles. The number of nitrogens with zero attached hydrogens (tertiary/aromatic N) is 1. The SMILES string of the molecule is CCOC(=O)C1CCCN(C(=O)OCCO)C1. The van der Waals surface area contributed by atoms with Gasteiger partial charge in [-0.3, -0.25) is 4.79 Å². The number of carbonyl (C=O) groups excluding carboxylic acids is 2. The second kappa shape index (κ2) is 7.11. The first-order valence-electron chi connectivity index (χ1n) is 5.88. The summed E-state index contributed by atoms with van der Waals surface area (Å²) in [5.74, 6) is -0.516. The Morgan fingerprint density at radius 2 is 2.18 bits per heavy atom. The molecule has 6 heteroatoms. The number of ether oxygens (including phenoxy) is 2. The predicted octanol–water partition coefficient (Wildman–Crippen LogP) is 0.390. The minimum Gasteiger partial charge on any atom is -0.466 e. The molecular weight excluding hydrogens is 226 g/mol. The van der Waals surface area contributed by atoms with Crippen LogP contribution in [0.4, 0.5) is 4.79 Å². The Kier molecular flexibility index (Phi) is 5.76.